The van der Waals surface area contributed by atoms with Gasteiger partial charge in [-0.2, -0.15) is 0 Å². The Morgan fingerprint density at radius 2 is 1.21 bits per heavy atom. The molecule has 0 aromatic heterocycles. The zero-order chi connectivity index (χ0) is 29.2. The average molecular weight is 539 g/mol. The lowest BCUT2D eigenvalue weighted by Crippen LogP contribution is -2.23. The summed E-state index contributed by atoms with van der Waals surface area (Å²) in [5.41, 5.74) is 1.60. The summed E-state index contributed by atoms with van der Waals surface area (Å²) in [6.07, 6.45) is 2.92. The topological polar surface area (TPSA) is 71.1 Å². The summed E-state index contributed by atoms with van der Waals surface area (Å²) >= 11 is 0. The molecule has 0 spiro atoms. The molecule has 6 nitrogen and oxygen atoms in total. The summed E-state index contributed by atoms with van der Waals surface area (Å²) in [5, 5.41) is 0. The van der Waals surface area contributed by atoms with Crippen LogP contribution in [0.4, 0.5) is 0 Å². The molecule has 2 rings (SSSR count). The number of hydrogen-bond acceptors (Lipinski definition) is 6. The van der Waals surface area contributed by atoms with Crippen molar-refractivity contribution in [3.05, 3.63) is 71.8 Å². The van der Waals surface area contributed by atoms with Crippen molar-refractivity contribution in [1.82, 2.24) is 0 Å². The van der Waals surface area contributed by atoms with Gasteiger partial charge < -0.3 is 18.9 Å². The van der Waals surface area contributed by atoms with E-state index >= 15 is 0 Å². The zero-order valence-corrected chi connectivity index (χ0v) is 25.1. The van der Waals surface area contributed by atoms with Crippen molar-refractivity contribution in [1.29, 1.82) is 0 Å². The van der Waals surface area contributed by atoms with Gasteiger partial charge >= 0.3 is 5.97 Å². The summed E-state index contributed by atoms with van der Waals surface area (Å²) < 4.78 is 22.8. The van der Waals surface area contributed by atoms with E-state index in [1.165, 1.54) is 17.7 Å². The summed E-state index contributed by atoms with van der Waals surface area (Å²) in [6.45, 7) is 18.5. The maximum absolute atomic E-state index is 12.1. The third-order valence-corrected chi connectivity index (χ3v) is 6.86. The molecule has 0 heterocycles. The molecular formula is C33H46O6. The first-order valence-electron chi connectivity index (χ1n) is 13.8. The van der Waals surface area contributed by atoms with Crippen LogP contribution in [0, 0.1) is 5.41 Å². The zero-order valence-electron chi connectivity index (χ0n) is 25.1. The van der Waals surface area contributed by atoms with Crippen molar-refractivity contribution in [2.45, 2.75) is 92.5 Å². The summed E-state index contributed by atoms with van der Waals surface area (Å²) in [6, 6.07) is 16.1. The van der Waals surface area contributed by atoms with Gasteiger partial charge in [-0.05, 0) is 75.6 Å². The van der Waals surface area contributed by atoms with E-state index in [-0.39, 0.29) is 30.0 Å². The highest BCUT2D eigenvalue weighted by Gasteiger charge is 2.24. The Bertz CT molecular complexity index is 1080. The van der Waals surface area contributed by atoms with Crippen LogP contribution < -0.4 is 9.47 Å². The average Bonchev–Trinajstić information content (AvgIpc) is 2.89. The standard InChI is InChI=1S/C33H46O6/c1-10-32(6,7)30(34)19-20-31(35)39-25(5)22-37-29-17-13-27(14-18-29)33(8,9)26-11-15-28(16-12-26)36-21-24(4)38-23(2)3/h11-20,23-25H,10,21-22H2,1-9H3/b20-19+. The molecular weight excluding hydrogens is 492 g/mol. The molecule has 0 amide bonds. The van der Waals surface area contributed by atoms with E-state index in [9.17, 15) is 9.59 Å². The van der Waals surface area contributed by atoms with Crippen LogP contribution in [0.15, 0.2) is 60.7 Å². The molecule has 39 heavy (non-hydrogen) atoms. The number of carbonyl (C=O) groups is 2. The summed E-state index contributed by atoms with van der Waals surface area (Å²) in [5.74, 6) is 0.854. The van der Waals surface area contributed by atoms with Gasteiger partial charge in [0.05, 0.1) is 12.2 Å². The quantitative estimate of drug-likeness (QED) is 0.178. The Labute approximate surface area is 234 Å². The highest BCUT2D eigenvalue weighted by Crippen LogP contribution is 2.33. The fourth-order valence-corrected chi connectivity index (χ4v) is 3.85. The van der Waals surface area contributed by atoms with Gasteiger partial charge in [-0.25, -0.2) is 4.79 Å². The SMILES string of the molecule is CCC(C)(C)C(=O)/C=C/C(=O)OC(C)COc1ccc(C(C)(C)c2ccc(OCC(C)OC(C)C)cc2)cc1. The van der Waals surface area contributed by atoms with Crippen LogP contribution in [0.5, 0.6) is 11.5 Å². The monoisotopic (exact) mass is 538 g/mol. The van der Waals surface area contributed by atoms with Gasteiger partial charge in [-0.1, -0.05) is 58.9 Å². The Morgan fingerprint density at radius 1 is 0.744 bits per heavy atom. The molecule has 2 atom stereocenters. The second-order valence-electron chi connectivity index (χ2n) is 11.5. The second kappa shape index (κ2) is 14.3. The predicted octanol–water partition coefficient (Wildman–Crippen LogP) is 7.08. The molecule has 2 aromatic rings. The van der Waals surface area contributed by atoms with Crippen molar-refractivity contribution in [2.75, 3.05) is 13.2 Å². The minimum Gasteiger partial charge on any atom is -0.491 e. The highest BCUT2D eigenvalue weighted by molar-refractivity contribution is 5.98. The molecule has 0 aliphatic carbocycles. The molecule has 0 radical (unpaired) electrons. The van der Waals surface area contributed by atoms with Crippen LogP contribution in [0.25, 0.3) is 0 Å². The van der Waals surface area contributed by atoms with Crippen LogP contribution in [0.1, 0.15) is 79.9 Å². The Hall–Kier alpha value is -3.12. The molecule has 0 bridgehead atoms. The van der Waals surface area contributed by atoms with Crippen LogP contribution in [0.3, 0.4) is 0 Å². The largest absolute Gasteiger partial charge is 0.491 e. The lowest BCUT2D eigenvalue weighted by molar-refractivity contribution is -0.143. The fraction of sp³-hybridized carbons (Fsp3) is 0.515. The van der Waals surface area contributed by atoms with Gasteiger partial charge in [-0.3, -0.25) is 4.79 Å². The minimum absolute atomic E-state index is 0.0302. The number of rotatable bonds is 15. The summed E-state index contributed by atoms with van der Waals surface area (Å²) in [7, 11) is 0. The maximum Gasteiger partial charge on any atom is 0.331 e. The number of hydrogen-bond donors (Lipinski definition) is 0. The predicted molar refractivity (Wildman–Crippen MR) is 155 cm³/mol. The first kappa shape index (κ1) is 32.1. The summed E-state index contributed by atoms with van der Waals surface area (Å²) in [4.78, 5) is 24.2. The van der Waals surface area contributed by atoms with Crippen LogP contribution in [-0.2, 0) is 24.5 Å². The van der Waals surface area contributed by atoms with E-state index in [0.29, 0.717) is 18.8 Å². The number of benzene rings is 2. The van der Waals surface area contributed by atoms with Crippen molar-refractivity contribution < 1.29 is 28.5 Å². The fourth-order valence-electron chi connectivity index (χ4n) is 3.85. The Kier molecular flexibility index (Phi) is 11.8. The van der Waals surface area contributed by atoms with E-state index in [0.717, 1.165) is 11.3 Å². The van der Waals surface area contributed by atoms with Crippen molar-refractivity contribution in [2.24, 2.45) is 5.41 Å². The molecule has 0 N–H and O–H groups in total. The van der Waals surface area contributed by atoms with E-state index in [4.69, 9.17) is 18.9 Å². The molecule has 0 fully saturated rings. The smallest absolute Gasteiger partial charge is 0.331 e. The molecule has 0 aliphatic heterocycles. The number of ketones is 1. The van der Waals surface area contributed by atoms with Crippen LogP contribution >= 0.6 is 0 Å². The first-order chi connectivity index (χ1) is 18.2. The van der Waals surface area contributed by atoms with Gasteiger partial charge in [0.2, 0.25) is 0 Å². The van der Waals surface area contributed by atoms with E-state index in [1.54, 1.807) is 6.92 Å². The Balaban J connectivity index is 1.89. The maximum atomic E-state index is 12.1. The molecule has 2 unspecified atom stereocenters. The van der Waals surface area contributed by atoms with E-state index < -0.39 is 17.5 Å². The molecule has 0 saturated carbocycles. The van der Waals surface area contributed by atoms with Gasteiger partial charge in [0.1, 0.15) is 30.8 Å². The lowest BCUT2D eigenvalue weighted by atomic mass is 9.78. The van der Waals surface area contributed by atoms with Gasteiger partial charge in [-0.15, -0.1) is 0 Å². The molecule has 0 aliphatic rings. The van der Waals surface area contributed by atoms with Crippen molar-refractivity contribution >= 4 is 11.8 Å². The highest BCUT2D eigenvalue weighted by atomic mass is 16.6. The van der Waals surface area contributed by atoms with Crippen LogP contribution in [0.2, 0.25) is 0 Å². The van der Waals surface area contributed by atoms with Gasteiger partial charge in [0.25, 0.3) is 0 Å². The normalized spacial score (nSPS) is 13.8. The van der Waals surface area contributed by atoms with Crippen molar-refractivity contribution in [3.63, 3.8) is 0 Å². The van der Waals surface area contributed by atoms with E-state index in [1.807, 2.05) is 77.9 Å². The second-order valence-corrected chi connectivity index (χ2v) is 11.5. The molecule has 214 valence electrons. The molecule has 2 aromatic carbocycles. The number of allylic oxidation sites excluding steroid dienone is 1. The first-order valence-corrected chi connectivity index (χ1v) is 13.8. The Morgan fingerprint density at radius 3 is 1.64 bits per heavy atom. The van der Waals surface area contributed by atoms with Crippen LogP contribution in [-0.4, -0.2) is 43.3 Å². The number of carbonyl (C=O) groups excluding carboxylic acids is 2. The number of ether oxygens (including phenoxy) is 4. The third kappa shape index (κ3) is 10.2. The molecule has 6 heteroatoms. The third-order valence-electron chi connectivity index (χ3n) is 6.86. The van der Waals surface area contributed by atoms with Gasteiger partial charge in [0.15, 0.2) is 5.78 Å². The number of esters is 1. The lowest BCUT2D eigenvalue weighted by Gasteiger charge is -2.26. The van der Waals surface area contributed by atoms with E-state index in [2.05, 4.69) is 26.0 Å². The minimum atomic E-state index is -0.557. The van der Waals surface area contributed by atoms with Gasteiger partial charge in [0, 0.05) is 16.9 Å². The van der Waals surface area contributed by atoms with Crippen molar-refractivity contribution in [3.8, 4) is 11.5 Å². The molecule has 0 saturated heterocycles.